The molecule has 0 radical (unpaired) electrons. The number of anilines is 3. The summed E-state index contributed by atoms with van der Waals surface area (Å²) in [7, 11) is 1.92. The van der Waals surface area contributed by atoms with Gasteiger partial charge in [-0.2, -0.15) is 0 Å². The molecule has 5 N–H and O–H groups in total. The van der Waals surface area contributed by atoms with Gasteiger partial charge in [0.05, 0.1) is 5.69 Å². The Hall–Kier alpha value is -3.35. The number of nitrogens with zero attached hydrogens (tertiary/aromatic N) is 1. The normalized spacial score (nSPS) is 15.7. The number of rotatable bonds is 3. The minimum Gasteiger partial charge on any atom is -0.317 e. The summed E-state index contributed by atoms with van der Waals surface area (Å²) in [5.74, 6) is 0. The number of nitrogens with one attached hydrogen (secondary N) is 3. The van der Waals surface area contributed by atoms with Gasteiger partial charge < -0.3 is 21.8 Å². The Labute approximate surface area is 158 Å². The number of para-hydroxylation sites is 1. The van der Waals surface area contributed by atoms with Crippen molar-refractivity contribution in [1.82, 2.24) is 5.01 Å². The highest BCUT2D eigenvalue weighted by atomic mass is 16.2. The van der Waals surface area contributed by atoms with Crippen molar-refractivity contribution in [1.29, 1.82) is 0 Å². The maximum atomic E-state index is 12.1. The molecule has 6 heteroatoms. The third kappa shape index (κ3) is 3.48. The molecule has 1 heterocycles. The highest BCUT2D eigenvalue weighted by molar-refractivity contribution is 5.99. The van der Waals surface area contributed by atoms with Crippen LogP contribution in [0.3, 0.4) is 0 Å². The fraction of sp³-hybridized carbons (Fsp3) is 0.0952. The van der Waals surface area contributed by atoms with E-state index in [9.17, 15) is 4.79 Å². The van der Waals surface area contributed by atoms with Crippen molar-refractivity contribution in [2.24, 2.45) is 5.73 Å². The average Bonchev–Trinajstić information content (AvgIpc) is 2.97. The second-order valence-electron chi connectivity index (χ2n) is 6.46. The predicted molar refractivity (Wildman–Crippen MR) is 109 cm³/mol. The van der Waals surface area contributed by atoms with E-state index < -0.39 is 0 Å². The zero-order valence-electron chi connectivity index (χ0n) is 14.9. The van der Waals surface area contributed by atoms with Gasteiger partial charge in [-0.05, 0) is 41.5 Å². The van der Waals surface area contributed by atoms with E-state index in [1.54, 1.807) is 0 Å². The van der Waals surface area contributed by atoms with Crippen molar-refractivity contribution in [3.8, 4) is 11.1 Å². The maximum Gasteiger partial charge on any atom is 0.323 e. The Morgan fingerprint density at radius 2 is 1.59 bits per heavy atom. The van der Waals surface area contributed by atoms with Crippen molar-refractivity contribution >= 4 is 23.1 Å². The first-order valence-electron chi connectivity index (χ1n) is 8.73. The third-order valence-electron chi connectivity index (χ3n) is 4.60. The van der Waals surface area contributed by atoms with Gasteiger partial charge in [-0.25, -0.2) is 9.80 Å². The molecule has 1 aliphatic rings. The molecule has 0 bridgehead atoms. The fourth-order valence-electron chi connectivity index (χ4n) is 3.23. The molecule has 1 unspecified atom stereocenters. The summed E-state index contributed by atoms with van der Waals surface area (Å²) in [6, 6.07) is 22.9. The van der Waals surface area contributed by atoms with Crippen LogP contribution in [0.2, 0.25) is 0 Å². The number of hydrogen-bond acceptors (Lipinski definition) is 4. The lowest BCUT2D eigenvalue weighted by molar-refractivity contribution is 0.262. The van der Waals surface area contributed by atoms with Gasteiger partial charge in [0.25, 0.3) is 0 Å². The summed E-state index contributed by atoms with van der Waals surface area (Å²) in [5, 5.41) is 7.53. The van der Waals surface area contributed by atoms with Crippen LogP contribution in [-0.4, -0.2) is 18.1 Å². The summed E-state index contributed by atoms with van der Waals surface area (Å²) in [6.45, 7) is 0. The monoisotopic (exact) mass is 359 g/mol. The van der Waals surface area contributed by atoms with Crippen LogP contribution in [0.15, 0.2) is 72.8 Å². The molecule has 27 heavy (non-hydrogen) atoms. The second-order valence-corrected chi connectivity index (χ2v) is 6.46. The molecule has 1 aliphatic heterocycles. The maximum absolute atomic E-state index is 12.1. The zero-order valence-corrected chi connectivity index (χ0v) is 14.9. The highest BCUT2D eigenvalue weighted by Gasteiger charge is 2.26. The van der Waals surface area contributed by atoms with Crippen molar-refractivity contribution in [3.05, 3.63) is 78.4 Å². The summed E-state index contributed by atoms with van der Waals surface area (Å²) in [4.78, 5) is 12.1. The van der Waals surface area contributed by atoms with Crippen LogP contribution in [0.4, 0.5) is 21.9 Å². The molecule has 0 spiro atoms. The number of carbonyl (C=O) groups excluding carboxylic acids is 1. The molecule has 1 atom stereocenters. The zero-order chi connectivity index (χ0) is 18.8. The van der Waals surface area contributed by atoms with E-state index in [-0.39, 0.29) is 12.2 Å². The van der Waals surface area contributed by atoms with Gasteiger partial charge in [-0.3, -0.25) is 0 Å². The Morgan fingerprint density at radius 1 is 0.926 bits per heavy atom. The van der Waals surface area contributed by atoms with Gasteiger partial charge in [0.15, 0.2) is 0 Å². The molecular weight excluding hydrogens is 338 g/mol. The Balaban J connectivity index is 1.51. The van der Waals surface area contributed by atoms with Crippen LogP contribution in [0.25, 0.3) is 11.1 Å². The number of amides is 2. The largest absolute Gasteiger partial charge is 0.323 e. The van der Waals surface area contributed by atoms with E-state index in [2.05, 4.69) is 22.1 Å². The van der Waals surface area contributed by atoms with Gasteiger partial charge in [0.1, 0.15) is 6.17 Å². The summed E-state index contributed by atoms with van der Waals surface area (Å²) in [5.41, 5.74) is 15.2. The first-order chi connectivity index (χ1) is 13.1. The number of carbonyl (C=O) groups is 1. The lowest BCUT2D eigenvalue weighted by Crippen LogP contribution is -2.28. The standard InChI is InChI=1S/C21H21N5O/c1-26-20(22)19-17(8-5-9-18(19)25-26)14-10-12-16(13-11-14)24-21(27)23-15-6-3-2-4-7-15/h2-13,20,25H,22H2,1H3,(H2,23,24,27). The highest BCUT2D eigenvalue weighted by Crippen LogP contribution is 2.38. The van der Waals surface area contributed by atoms with Gasteiger partial charge >= 0.3 is 6.03 Å². The molecule has 0 aromatic heterocycles. The molecule has 0 saturated carbocycles. The Bertz CT molecular complexity index is 956. The molecule has 136 valence electrons. The van der Waals surface area contributed by atoms with Crippen LogP contribution in [0.5, 0.6) is 0 Å². The number of fused-ring (bicyclic) bond motifs is 1. The topological polar surface area (TPSA) is 82.4 Å². The van der Waals surface area contributed by atoms with E-state index in [1.165, 1.54) is 0 Å². The third-order valence-corrected chi connectivity index (χ3v) is 4.60. The smallest absolute Gasteiger partial charge is 0.317 e. The second kappa shape index (κ2) is 7.11. The average molecular weight is 359 g/mol. The Morgan fingerprint density at radius 3 is 2.30 bits per heavy atom. The first-order valence-corrected chi connectivity index (χ1v) is 8.73. The number of hydrogen-bond donors (Lipinski definition) is 4. The fourth-order valence-corrected chi connectivity index (χ4v) is 3.23. The van der Waals surface area contributed by atoms with Crippen LogP contribution in [0.1, 0.15) is 11.7 Å². The van der Waals surface area contributed by atoms with E-state index in [4.69, 9.17) is 5.73 Å². The molecule has 4 rings (SSSR count). The van der Waals surface area contributed by atoms with Gasteiger partial charge in [-0.15, -0.1) is 0 Å². The Kier molecular flexibility index (Phi) is 4.50. The van der Waals surface area contributed by atoms with Gasteiger partial charge in [0.2, 0.25) is 0 Å². The van der Waals surface area contributed by atoms with Crippen molar-refractivity contribution in [2.45, 2.75) is 6.17 Å². The SMILES string of the molecule is CN1Nc2cccc(-c3ccc(NC(=O)Nc4ccccc4)cc3)c2C1N. The minimum absolute atomic E-state index is 0.203. The summed E-state index contributed by atoms with van der Waals surface area (Å²) < 4.78 is 0. The van der Waals surface area contributed by atoms with Crippen molar-refractivity contribution in [3.63, 3.8) is 0 Å². The molecule has 2 amide bonds. The summed E-state index contributed by atoms with van der Waals surface area (Å²) >= 11 is 0. The van der Waals surface area contributed by atoms with Gasteiger partial charge in [0, 0.05) is 24.0 Å². The van der Waals surface area contributed by atoms with E-state index in [0.29, 0.717) is 0 Å². The number of urea groups is 1. The number of nitrogens with two attached hydrogens (primary N) is 1. The number of hydrazine groups is 1. The quantitative estimate of drug-likeness (QED) is 0.564. The predicted octanol–water partition coefficient (Wildman–Crippen LogP) is 4.23. The molecule has 0 saturated heterocycles. The molecule has 3 aromatic rings. The van der Waals surface area contributed by atoms with Crippen LogP contribution >= 0.6 is 0 Å². The number of benzene rings is 3. The molecule has 6 nitrogen and oxygen atoms in total. The molecule has 3 aromatic carbocycles. The van der Waals surface area contributed by atoms with E-state index >= 15 is 0 Å². The van der Waals surface area contributed by atoms with Crippen molar-refractivity contribution in [2.75, 3.05) is 23.1 Å². The molecule has 0 aliphatic carbocycles. The lowest BCUT2D eigenvalue weighted by Gasteiger charge is -2.16. The summed E-state index contributed by atoms with van der Waals surface area (Å²) in [6.07, 6.45) is -0.203. The minimum atomic E-state index is -0.276. The molecule has 0 fully saturated rings. The van der Waals surface area contributed by atoms with Crippen LogP contribution in [-0.2, 0) is 0 Å². The van der Waals surface area contributed by atoms with E-state index in [0.717, 1.165) is 33.8 Å². The van der Waals surface area contributed by atoms with Crippen molar-refractivity contribution < 1.29 is 4.79 Å². The first kappa shape index (κ1) is 17.1. The van der Waals surface area contributed by atoms with Crippen LogP contribution < -0.4 is 21.8 Å². The van der Waals surface area contributed by atoms with Crippen LogP contribution in [0, 0.1) is 0 Å². The van der Waals surface area contributed by atoms with E-state index in [1.807, 2.05) is 78.8 Å². The van der Waals surface area contributed by atoms with Gasteiger partial charge in [-0.1, -0.05) is 42.5 Å². The molecular formula is C21H21N5O. The lowest BCUT2D eigenvalue weighted by atomic mass is 9.97.